The number of aromatic nitrogens is 1. The Balaban J connectivity index is 1.69. The van der Waals surface area contributed by atoms with Gasteiger partial charge in [-0.2, -0.15) is 5.26 Å². The predicted molar refractivity (Wildman–Crippen MR) is 98.7 cm³/mol. The lowest BCUT2D eigenvalue weighted by Gasteiger charge is -2.22. The molecule has 27 heavy (non-hydrogen) atoms. The number of nitrogens with zero attached hydrogens (tertiary/aromatic N) is 2. The normalized spacial score (nSPS) is 13.8. The fourth-order valence-electron chi connectivity index (χ4n) is 3.05. The van der Waals surface area contributed by atoms with Crippen LogP contribution in [0.1, 0.15) is 39.6 Å². The maximum Gasteiger partial charge on any atom is 0.169 e. The summed E-state index contributed by atoms with van der Waals surface area (Å²) in [6, 6.07) is 18.5. The number of pyridine rings is 1. The van der Waals surface area contributed by atoms with Gasteiger partial charge in [0, 0.05) is 24.9 Å². The highest BCUT2D eigenvalue weighted by atomic mass is 16.5. The molecule has 2 aromatic carbocycles. The van der Waals surface area contributed by atoms with E-state index in [9.17, 15) is 4.79 Å². The zero-order chi connectivity index (χ0) is 18.6. The van der Waals surface area contributed by atoms with Crippen LogP contribution in [0.3, 0.4) is 0 Å². The van der Waals surface area contributed by atoms with Crippen LogP contribution >= 0.6 is 0 Å². The van der Waals surface area contributed by atoms with Gasteiger partial charge in [-0.05, 0) is 47.5 Å². The van der Waals surface area contributed by atoms with Gasteiger partial charge in [0.15, 0.2) is 5.78 Å². The van der Waals surface area contributed by atoms with Crippen molar-refractivity contribution < 1.29 is 14.3 Å². The average molecular weight is 356 g/mol. The molecule has 1 aliphatic rings. The van der Waals surface area contributed by atoms with Gasteiger partial charge < -0.3 is 9.47 Å². The number of hydrogen-bond acceptors (Lipinski definition) is 5. The van der Waals surface area contributed by atoms with Crippen LogP contribution in [0.5, 0.6) is 11.5 Å². The van der Waals surface area contributed by atoms with Gasteiger partial charge in [0.1, 0.15) is 17.6 Å². The van der Waals surface area contributed by atoms with Gasteiger partial charge >= 0.3 is 0 Å². The molecule has 3 aromatic rings. The Bertz CT molecular complexity index is 1010. The number of ketones is 1. The molecule has 0 saturated carbocycles. The molecule has 0 bridgehead atoms. The summed E-state index contributed by atoms with van der Waals surface area (Å²) in [5.41, 5.74) is 3.03. The van der Waals surface area contributed by atoms with E-state index in [1.807, 2.05) is 24.3 Å². The summed E-state index contributed by atoms with van der Waals surface area (Å²) in [5, 5.41) is 9.02. The number of rotatable bonds is 4. The lowest BCUT2D eigenvalue weighted by atomic mass is 10.0. The number of ether oxygens (including phenoxy) is 2. The van der Waals surface area contributed by atoms with Gasteiger partial charge in [-0.3, -0.25) is 9.78 Å². The van der Waals surface area contributed by atoms with Crippen molar-refractivity contribution in [2.24, 2.45) is 0 Å². The zero-order valence-electron chi connectivity index (χ0n) is 14.5. The monoisotopic (exact) mass is 356 g/mol. The van der Waals surface area contributed by atoms with Crippen LogP contribution in [0.15, 0.2) is 67.0 Å². The van der Waals surface area contributed by atoms with Crippen molar-refractivity contribution in [1.29, 1.82) is 5.26 Å². The molecule has 0 N–H and O–H groups in total. The highest BCUT2D eigenvalue weighted by molar-refractivity contribution is 5.99. The Morgan fingerprint density at radius 1 is 1.04 bits per heavy atom. The van der Waals surface area contributed by atoms with Crippen LogP contribution in [0.25, 0.3) is 0 Å². The quantitative estimate of drug-likeness (QED) is 0.704. The Labute approximate surface area is 156 Å². The summed E-state index contributed by atoms with van der Waals surface area (Å²) in [6.45, 7) is 0.388. The molecule has 5 nitrogen and oxygen atoms in total. The summed E-state index contributed by atoms with van der Waals surface area (Å²) in [7, 11) is 0. The highest BCUT2D eigenvalue weighted by Gasteiger charge is 2.21. The first-order chi connectivity index (χ1) is 13.2. The van der Waals surface area contributed by atoms with Crippen molar-refractivity contribution in [3.05, 3.63) is 89.2 Å². The van der Waals surface area contributed by atoms with E-state index in [1.54, 1.807) is 42.7 Å². The first-order valence-electron chi connectivity index (χ1n) is 8.61. The SMILES string of the molecule is N#Cc1ccc([C@H](Oc2ccc3c(c2)OCCC3=O)c2ccncc2)cc1. The fraction of sp³-hybridized carbons (Fsp3) is 0.136. The zero-order valence-corrected chi connectivity index (χ0v) is 14.5. The summed E-state index contributed by atoms with van der Waals surface area (Å²) < 4.78 is 11.9. The van der Waals surface area contributed by atoms with E-state index in [0.717, 1.165) is 11.1 Å². The van der Waals surface area contributed by atoms with Gasteiger partial charge in [0.2, 0.25) is 0 Å². The van der Waals surface area contributed by atoms with Crippen LogP contribution in [-0.2, 0) is 0 Å². The van der Waals surface area contributed by atoms with E-state index >= 15 is 0 Å². The standard InChI is InChI=1S/C22H16N2O3/c23-14-15-1-3-16(4-2-15)22(17-7-10-24-11-8-17)27-18-5-6-19-20(25)9-12-26-21(19)13-18/h1-8,10-11,13,22H,9,12H2/t22-/m0/s1. The topological polar surface area (TPSA) is 72.2 Å². The second kappa shape index (κ2) is 7.30. The average Bonchev–Trinajstić information content (AvgIpc) is 2.73. The molecule has 2 heterocycles. The molecule has 0 fully saturated rings. The van der Waals surface area contributed by atoms with E-state index in [4.69, 9.17) is 14.7 Å². The number of fused-ring (bicyclic) bond motifs is 1. The first kappa shape index (κ1) is 16.8. The van der Waals surface area contributed by atoms with Crippen LogP contribution in [0, 0.1) is 11.3 Å². The number of hydrogen-bond donors (Lipinski definition) is 0. The summed E-state index contributed by atoms with van der Waals surface area (Å²) in [5.74, 6) is 1.24. The molecule has 0 unspecified atom stereocenters. The molecule has 4 rings (SSSR count). The van der Waals surface area contributed by atoms with Gasteiger partial charge in [-0.15, -0.1) is 0 Å². The molecular weight excluding hydrogens is 340 g/mol. The van der Waals surface area contributed by atoms with Gasteiger partial charge in [0.05, 0.1) is 23.8 Å². The number of carbonyl (C=O) groups is 1. The van der Waals surface area contributed by atoms with Crippen LogP contribution < -0.4 is 9.47 Å². The van der Waals surface area contributed by atoms with E-state index in [2.05, 4.69) is 11.1 Å². The van der Waals surface area contributed by atoms with Crippen LogP contribution in [0.2, 0.25) is 0 Å². The van der Waals surface area contributed by atoms with Crippen molar-refractivity contribution >= 4 is 5.78 Å². The largest absolute Gasteiger partial charge is 0.492 e. The van der Waals surface area contributed by atoms with Crippen molar-refractivity contribution in [2.75, 3.05) is 6.61 Å². The van der Waals surface area contributed by atoms with Gasteiger partial charge in [0.25, 0.3) is 0 Å². The maximum atomic E-state index is 12.0. The third-order valence-electron chi connectivity index (χ3n) is 4.45. The second-order valence-electron chi connectivity index (χ2n) is 6.19. The number of carbonyl (C=O) groups excluding carboxylic acids is 1. The van der Waals surface area contributed by atoms with Crippen LogP contribution in [-0.4, -0.2) is 17.4 Å². The first-order valence-corrected chi connectivity index (χ1v) is 8.61. The van der Waals surface area contributed by atoms with E-state index in [0.29, 0.717) is 35.7 Å². The molecular formula is C22H16N2O3. The second-order valence-corrected chi connectivity index (χ2v) is 6.19. The third kappa shape index (κ3) is 3.51. The molecule has 0 radical (unpaired) electrons. The third-order valence-corrected chi connectivity index (χ3v) is 4.45. The van der Waals surface area contributed by atoms with E-state index < -0.39 is 0 Å². The van der Waals surface area contributed by atoms with Crippen molar-refractivity contribution in [3.8, 4) is 17.6 Å². The lowest BCUT2D eigenvalue weighted by Crippen LogP contribution is -2.15. The minimum atomic E-state index is -0.377. The number of nitriles is 1. The molecule has 0 spiro atoms. The van der Waals surface area contributed by atoms with E-state index in [1.165, 1.54) is 0 Å². The van der Waals surface area contributed by atoms with Gasteiger partial charge in [-0.25, -0.2) is 0 Å². The minimum absolute atomic E-state index is 0.0839. The van der Waals surface area contributed by atoms with E-state index in [-0.39, 0.29) is 11.9 Å². The lowest BCUT2D eigenvalue weighted by molar-refractivity contribution is 0.0933. The Morgan fingerprint density at radius 2 is 1.78 bits per heavy atom. The Kier molecular flexibility index (Phi) is 4.54. The smallest absolute Gasteiger partial charge is 0.169 e. The molecule has 1 aromatic heterocycles. The van der Waals surface area contributed by atoms with Crippen molar-refractivity contribution in [2.45, 2.75) is 12.5 Å². The fourth-order valence-corrected chi connectivity index (χ4v) is 3.05. The molecule has 1 aliphatic heterocycles. The molecule has 132 valence electrons. The Hall–Kier alpha value is -3.65. The number of benzene rings is 2. The highest BCUT2D eigenvalue weighted by Crippen LogP contribution is 2.33. The molecule has 1 atom stereocenters. The molecule has 0 amide bonds. The molecule has 0 saturated heterocycles. The number of Topliss-reactive ketones (excluding diaryl/α,β-unsaturated/α-hetero) is 1. The summed E-state index contributed by atoms with van der Waals surface area (Å²) in [4.78, 5) is 16.0. The van der Waals surface area contributed by atoms with Gasteiger partial charge in [-0.1, -0.05) is 12.1 Å². The summed E-state index contributed by atoms with van der Waals surface area (Å²) in [6.07, 6.45) is 3.45. The maximum absolute atomic E-state index is 12.0. The molecule has 5 heteroatoms. The Morgan fingerprint density at radius 3 is 2.52 bits per heavy atom. The molecule has 0 aliphatic carbocycles. The summed E-state index contributed by atoms with van der Waals surface area (Å²) >= 11 is 0. The predicted octanol–water partition coefficient (Wildman–Crippen LogP) is 4.09. The van der Waals surface area contributed by atoms with Crippen molar-refractivity contribution in [1.82, 2.24) is 4.98 Å². The van der Waals surface area contributed by atoms with Crippen molar-refractivity contribution in [3.63, 3.8) is 0 Å². The minimum Gasteiger partial charge on any atom is -0.492 e. The van der Waals surface area contributed by atoms with Crippen LogP contribution in [0.4, 0.5) is 0 Å².